The van der Waals surface area contributed by atoms with Crippen LogP contribution in [0.4, 0.5) is 0 Å². The lowest BCUT2D eigenvalue weighted by molar-refractivity contribution is -0.131. The predicted octanol–water partition coefficient (Wildman–Crippen LogP) is 3.28. The minimum Gasteiger partial charge on any atom is -0.339 e. The molecule has 1 amide bonds. The summed E-state index contributed by atoms with van der Waals surface area (Å²) in [5.74, 6) is 0.165. The molecule has 1 aromatic carbocycles. The van der Waals surface area contributed by atoms with Gasteiger partial charge < -0.3 is 10.2 Å². The molecule has 1 unspecified atom stereocenters. The number of rotatable bonds is 6. The quantitative estimate of drug-likeness (QED) is 0.818. The number of benzene rings is 1. The summed E-state index contributed by atoms with van der Waals surface area (Å²) in [6.45, 7) is 2.88. The van der Waals surface area contributed by atoms with Crippen LogP contribution in [0.15, 0.2) is 24.3 Å². The van der Waals surface area contributed by atoms with Gasteiger partial charge in [-0.1, -0.05) is 23.7 Å². The number of carbonyl (C=O) groups is 1. The number of amides is 1. The molecule has 0 aliphatic carbocycles. The lowest BCUT2D eigenvalue weighted by atomic mass is 10.1. The molecule has 0 aliphatic heterocycles. The van der Waals surface area contributed by atoms with Gasteiger partial charge in [0.2, 0.25) is 5.91 Å². The molecular formula is C14H22Cl2N2O. The third kappa shape index (κ3) is 5.81. The lowest BCUT2D eigenvalue weighted by Gasteiger charge is -2.25. The summed E-state index contributed by atoms with van der Waals surface area (Å²) in [7, 11) is 3.73. The van der Waals surface area contributed by atoms with E-state index in [0.717, 1.165) is 18.5 Å². The van der Waals surface area contributed by atoms with Crippen molar-refractivity contribution in [2.24, 2.45) is 0 Å². The Morgan fingerprint density at radius 3 is 2.74 bits per heavy atom. The Kier molecular flexibility index (Phi) is 8.81. The number of nitrogens with zero attached hydrogens (tertiary/aromatic N) is 1. The second-order valence-corrected chi connectivity index (χ2v) is 4.88. The first-order valence-corrected chi connectivity index (χ1v) is 6.59. The Hall–Kier alpha value is -0.770. The van der Waals surface area contributed by atoms with Crippen LogP contribution in [0, 0.1) is 0 Å². The van der Waals surface area contributed by atoms with Crippen molar-refractivity contribution >= 4 is 29.9 Å². The summed E-state index contributed by atoms with van der Waals surface area (Å²) in [4.78, 5) is 13.8. The fraction of sp³-hybridized carbons (Fsp3) is 0.500. The van der Waals surface area contributed by atoms with Crippen LogP contribution < -0.4 is 5.32 Å². The van der Waals surface area contributed by atoms with Crippen LogP contribution in [-0.4, -0.2) is 31.4 Å². The Labute approximate surface area is 126 Å². The molecule has 1 rings (SSSR count). The summed E-state index contributed by atoms with van der Waals surface area (Å²) in [6.07, 6.45) is 1.43. The fourth-order valence-electron chi connectivity index (χ4n) is 1.80. The maximum atomic E-state index is 12.0. The maximum Gasteiger partial charge on any atom is 0.222 e. The molecule has 0 bridgehead atoms. The number of halogens is 2. The van der Waals surface area contributed by atoms with E-state index in [1.54, 1.807) is 4.90 Å². The fourth-order valence-corrected chi connectivity index (χ4v) is 2.00. The first kappa shape index (κ1) is 18.2. The molecule has 0 aromatic heterocycles. The molecule has 0 aliphatic rings. The second kappa shape index (κ2) is 9.18. The standard InChI is InChI=1S/C14H21ClN2O.ClH/c1-11(12-6-4-7-13(15)10-12)17(3)14(18)8-5-9-16-2;/h4,6-7,10-11,16H,5,8-9H2,1-3H3;1H. The molecular weight excluding hydrogens is 283 g/mol. The highest BCUT2D eigenvalue weighted by atomic mass is 35.5. The van der Waals surface area contributed by atoms with Crippen molar-refractivity contribution in [3.8, 4) is 0 Å². The molecule has 0 saturated carbocycles. The molecule has 0 fully saturated rings. The predicted molar refractivity (Wildman–Crippen MR) is 83.0 cm³/mol. The van der Waals surface area contributed by atoms with E-state index in [4.69, 9.17) is 11.6 Å². The van der Waals surface area contributed by atoms with Crippen molar-refractivity contribution < 1.29 is 4.79 Å². The molecule has 5 heteroatoms. The highest BCUT2D eigenvalue weighted by Gasteiger charge is 2.16. The van der Waals surface area contributed by atoms with Crippen LogP contribution in [0.2, 0.25) is 5.02 Å². The highest BCUT2D eigenvalue weighted by molar-refractivity contribution is 6.30. The van der Waals surface area contributed by atoms with Crippen LogP contribution in [0.3, 0.4) is 0 Å². The largest absolute Gasteiger partial charge is 0.339 e. The third-order valence-electron chi connectivity index (χ3n) is 3.12. The molecule has 0 heterocycles. The number of hydrogen-bond donors (Lipinski definition) is 1. The van der Waals surface area contributed by atoms with Crippen LogP contribution >= 0.6 is 24.0 Å². The van der Waals surface area contributed by atoms with Crippen molar-refractivity contribution in [1.29, 1.82) is 0 Å². The Morgan fingerprint density at radius 2 is 2.16 bits per heavy atom. The van der Waals surface area contributed by atoms with Gasteiger partial charge in [-0.25, -0.2) is 0 Å². The molecule has 0 spiro atoms. The van der Waals surface area contributed by atoms with E-state index < -0.39 is 0 Å². The molecule has 3 nitrogen and oxygen atoms in total. The van der Waals surface area contributed by atoms with Gasteiger partial charge >= 0.3 is 0 Å². The minimum absolute atomic E-state index is 0. The van der Waals surface area contributed by atoms with E-state index in [1.807, 2.05) is 45.3 Å². The molecule has 19 heavy (non-hydrogen) atoms. The van der Waals surface area contributed by atoms with E-state index in [0.29, 0.717) is 11.4 Å². The summed E-state index contributed by atoms with van der Waals surface area (Å²) in [5, 5.41) is 3.75. The lowest BCUT2D eigenvalue weighted by Crippen LogP contribution is -2.30. The van der Waals surface area contributed by atoms with Crippen LogP contribution in [0.5, 0.6) is 0 Å². The topological polar surface area (TPSA) is 32.3 Å². The van der Waals surface area contributed by atoms with Gasteiger partial charge in [-0.15, -0.1) is 12.4 Å². The van der Waals surface area contributed by atoms with Gasteiger partial charge in [0.05, 0.1) is 6.04 Å². The Bertz CT molecular complexity index is 399. The SMILES string of the molecule is CNCCCC(=O)N(C)C(C)c1cccc(Cl)c1.Cl. The van der Waals surface area contributed by atoms with E-state index in [2.05, 4.69) is 5.32 Å². The van der Waals surface area contributed by atoms with Crippen molar-refractivity contribution in [2.45, 2.75) is 25.8 Å². The van der Waals surface area contributed by atoms with Gasteiger partial charge in [-0.05, 0) is 44.6 Å². The van der Waals surface area contributed by atoms with E-state index in [-0.39, 0.29) is 24.4 Å². The number of carbonyl (C=O) groups excluding carboxylic acids is 1. The molecule has 0 saturated heterocycles. The van der Waals surface area contributed by atoms with Crippen molar-refractivity contribution in [2.75, 3.05) is 20.6 Å². The molecule has 108 valence electrons. The molecule has 1 aromatic rings. The van der Waals surface area contributed by atoms with Gasteiger partial charge in [0.25, 0.3) is 0 Å². The van der Waals surface area contributed by atoms with Gasteiger partial charge in [0, 0.05) is 18.5 Å². The number of nitrogens with one attached hydrogen (secondary N) is 1. The normalized spacial score (nSPS) is 11.6. The monoisotopic (exact) mass is 304 g/mol. The summed E-state index contributed by atoms with van der Waals surface area (Å²) < 4.78 is 0. The summed E-state index contributed by atoms with van der Waals surface area (Å²) in [6, 6.07) is 7.70. The van der Waals surface area contributed by atoms with Crippen molar-refractivity contribution in [3.05, 3.63) is 34.9 Å². The average Bonchev–Trinajstić information content (AvgIpc) is 2.37. The Balaban J connectivity index is 0.00000324. The molecule has 0 radical (unpaired) electrons. The van der Waals surface area contributed by atoms with Gasteiger partial charge in [-0.3, -0.25) is 4.79 Å². The maximum absolute atomic E-state index is 12.0. The number of hydrogen-bond acceptors (Lipinski definition) is 2. The molecule has 1 atom stereocenters. The first-order chi connectivity index (χ1) is 8.56. The summed E-state index contributed by atoms with van der Waals surface area (Å²) >= 11 is 5.96. The highest BCUT2D eigenvalue weighted by Crippen LogP contribution is 2.22. The van der Waals surface area contributed by atoms with Gasteiger partial charge in [0.1, 0.15) is 0 Å². The average molecular weight is 305 g/mol. The zero-order valence-electron chi connectivity index (χ0n) is 11.6. The second-order valence-electron chi connectivity index (χ2n) is 4.44. The van der Waals surface area contributed by atoms with Crippen molar-refractivity contribution in [1.82, 2.24) is 10.2 Å². The summed E-state index contributed by atoms with van der Waals surface area (Å²) in [5.41, 5.74) is 1.06. The van der Waals surface area contributed by atoms with Crippen molar-refractivity contribution in [3.63, 3.8) is 0 Å². The Morgan fingerprint density at radius 1 is 1.47 bits per heavy atom. The van der Waals surface area contributed by atoms with E-state index in [1.165, 1.54) is 0 Å². The van der Waals surface area contributed by atoms with Gasteiger partial charge in [-0.2, -0.15) is 0 Å². The van der Waals surface area contributed by atoms with E-state index >= 15 is 0 Å². The van der Waals surface area contributed by atoms with Crippen LogP contribution in [-0.2, 0) is 4.79 Å². The smallest absolute Gasteiger partial charge is 0.222 e. The first-order valence-electron chi connectivity index (χ1n) is 6.22. The third-order valence-corrected chi connectivity index (χ3v) is 3.36. The zero-order chi connectivity index (χ0) is 13.5. The van der Waals surface area contributed by atoms with Crippen LogP contribution in [0.25, 0.3) is 0 Å². The van der Waals surface area contributed by atoms with Gasteiger partial charge in [0.15, 0.2) is 0 Å². The zero-order valence-corrected chi connectivity index (χ0v) is 13.2. The van der Waals surface area contributed by atoms with Crippen LogP contribution in [0.1, 0.15) is 31.4 Å². The molecule has 1 N–H and O–H groups in total. The van der Waals surface area contributed by atoms with E-state index in [9.17, 15) is 4.79 Å². The minimum atomic E-state index is 0.